The molecule has 0 radical (unpaired) electrons. The van der Waals surface area contributed by atoms with Crippen molar-refractivity contribution in [2.75, 3.05) is 45.9 Å². The van der Waals surface area contributed by atoms with E-state index in [2.05, 4.69) is 10.2 Å². The fourth-order valence-electron chi connectivity index (χ4n) is 3.13. The third kappa shape index (κ3) is 2.27. The zero-order valence-electron chi connectivity index (χ0n) is 11.1. The molecular formula is C13H23N3O2. The van der Waals surface area contributed by atoms with E-state index in [1.807, 2.05) is 11.8 Å². The Kier molecular flexibility index (Phi) is 3.54. The predicted octanol–water partition coefficient (Wildman–Crippen LogP) is -0.473. The topological polar surface area (TPSA) is 44.8 Å². The van der Waals surface area contributed by atoms with Crippen molar-refractivity contribution in [3.63, 3.8) is 0 Å². The normalized spacial score (nSPS) is 34.6. The van der Waals surface area contributed by atoms with Gasteiger partial charge < -0.3 is 15.0 Å². The first kappa shape index (κ1) is 12.4. The summed E-state index contributed by atoms with van der Waals surface area (Å²) in [6, 6.07) is 0.705. The number of carbonyl (C=O) groups excluding carboxylic acids is 1. The van der Waals surface area contributed by atoms with Gasteiger partial charge in [-0.15, -0.1) is 0 Å². The van der Waals surface area contributed by atoms with Gasteiger partial charge in [0.15, 0.2) is 0 Å². The second-order valence-corrected chi connectivity index (χ2v) is 5.64. The Labute approximate surface area is 108 Å². The number of nitrogens with one attached hydrogen (secondary N) is 1. The molecule has 3 fully saturated rings. The van der Waals surface area contributed by atoms with Crippen molar-refractivity contribution in [3.05, 3.63) is 0 Å². The summed E-state index contributed by atoms with van der Waals surface area (Å²) >= 11 is 0. The fraction of sp³-hybridized carbons (Fsp3) is 0.923. The van der Waals surface area contributed by atoms with Crippen LogP contribution in [0.15, 0.2) is 0 Å². The zero-order valence-corrected chi connectivity index (χ0v) is 11.1. The summed E-state index contributed by atoms with van der Waals surface area (Å²) < 4.78 is 5.50. The number of rotatable bonds is 2. The molecule has 0 aliphatic carbocycles. The minimum atomic E-state index is 0.0990. The van der Waals surface area contributed by atoms with Crippen LogP contribution in [0.1, 0.15) is 13.3 Å². The van der Waals surface area contributed by atoms with E-state index in [-0.39, 0.29) is 12.0 Å². The van der Waals surface area contributed by atoms with E-state index >= 15 is 0 Å². The molecule has 102 valence electrons. The van der Waals surface area contributed by atoms with Crippen molar-refractivity contribution in [1.29, 1.82) is 0 Å². The van der Waals surface area contributed by atoms with Gasteiger partial charge in [-0.2, -0.15) is 0 Å². The summed E-state index contributed by atoms with van der Waals surface area (Å²) in [6.45, 7) is 8.82. The van der Waals surface area contributed by atoms with Crippen LogP contribution < -0.4 is 5.32 Å². The van der Waals surface area contributed by atoms with Crippen LogP contribution in [0.25, 0.3) is 0 Å². The number of piperazine rings is 1. The summed E-state index contributed by atoms with van der Waals surface area (Å²) in [7, 11) is 0. The van der Waals surface area contributed by atoms with E-state index in [4.69, 9.17) is 4.74 Å². The molecule has 3 rings (SSSR count). The average Bonchev–Trinajstić information content (AvgIpc) is 2.73. The van der Waals surface area contributed by atoms with Crippen molar-refractivity contribution in [2.45, 2.75) is 25.5 Å². The largest absolute Gasteiger partial charge is 0.378 e. The van der Waals surface area contributed by atoms with Gasteiger partial charge in [-0.25, -0.2) is 0 Å². The van der Waals surface area contributed by atoms with Crippen molar-refractivity contribution >= 4 is 5.91 Å². The monoisotopic (exact) mass is 253 g/mol. The SMILES string of the molecule is CC1OCCC1C(=O)N1CCN(C2CNC2)CC1. The molecule has 1 N–H and O–H groups in total. The minimum Gasteiger partial charge on any atom is -0.378 e. The van der Waals surface area contributed by atoms with Gasteiger partial charge in [0.1, 0.15) is 0 Å². The van der Waals surface area contributed by atoms with Crippen LogP contribution in [-0.2, 0) is 9.53 Å². The Morgan fingerprint density at radius 1 is 1.22 bits per heavy atom. The Morgan fingerprint density at radius 2 is 1.94 bits per heavy atom. The maximum Gasteiger partial charge on any atom is 0.228 e. The molecule has 1 amide bonds. The molecule has 0 aromatic heterocycles. The molecule has 0 saturated carbocycles. The molecule has 0 bridgehead atoms. The first-order chi connectivity index (χ1) is 8.75. The van der Waals surface area contributed by atoms with Crippen molar-refractivity contribution in [1.82, 2.24) is 15.1 Å². The lowest BCUT2D eigenvalue weighted by Gasteiger charge is -2.43. The molecular weight excluding hydrogens is 230 g/mol. The molecule has 3 aliphatic rings. The van der Waals surface area contributed by atoms with Gasteiger partial charge in [-0.1, -0.05) is 0 Å². The van der Waals surface area contributed by atoms with Crippen molar-refractivity contribution in [3.8, 4) is 0 Å². The number of ether oxygens (including phenoxy) is 1. The van der Waals surface area contributed by atoms with Gasteiger partial charge in [0.05, 0.1) is 12.0 Å². The van der Waals surface area contributed by atoms with Crippen LogP contribution in [0.4, 0.5) is 0 Å². The second-order valence-electron chi connectivity index (χ2n) is 5.64. The highest BCUT2D eigenvalue weighted by molar-refractivity contribution is 5.79. The van der Waals surface area contributed by atoms with Crippen LogP contribution in [-0.4, -0.2) is 73.7 Å². The van der Waals surface area contributed by atoms with Crippen LogP contribution in [0.2, 0.25) is 0 Å². The van der Waals surface area contributed by atoms with Crippen LogP contribution in [0.5, 0.6) is 0 Å². The van der Waals surface area contributed by atoms with Gasteiger partial charge in [-0.05, 0) is 13.3 Å². The number of hydrogen-bond acceptors (Lipinski definition) is 4. The smallest absolute Gasteiger partial charge is 0.228 e. The summed E-state index contributed by atoms with van der Waals surface area (Å²) in [4.78, 5) is 16.9. The Morgan fingerprint density at radius 3 is 2.44 bits per heavy atom. The van der Waals surface area contributed by atoms with Gasteiger partial charge in [0.2, 0.25) is 5.91 Å². The minimum absolute atomic E-state index is 0.0990. The average molecular weight is 253 g/mol. The number of hydrogen-bond donors (Lipinski definition) is 1. The highest BCUT2D eigenvalue weighted by Crippen LogP contribution is 2.23. The maximum absolute atomic E-state index is 12.4. The molecule has 3 aliphatic heterocycles. The molecule has 2 unspecified atom stereocenters. The Hall–Kier alpha value is -0.650. The number of carbonyl (C=O) groups is 1. The van der Waals surface area contributed by atoms with E-state index < -0.39 is 0 Å². The molecule has 2 atom stereocenters. The Bertz CT molecular complexity index is 311. The Balaban J connectivity index is 1.50. The zero-order chi connectivity index (χ0) is 12.5. The van der Waals surface area contributed by atoms with E-state index in [0.717, 1.165) is 52.3 Å². The summed E-state index contributed by atoms with van der Waals surface area (Å²) in [6.07, 6.45) is 0.999. The van der Waals surface area contributed by atoms with E-state index in [1.165, 1.54) is 0 Å². The van der Waals surface area contributed by atoms with Crippen LogP contribution in [0.3, 0.4) is 0 Å². The lowest BCUT2D eigenvalue weighted by atomic mass is 10.0. The standard InChI is InChI=1S/C13H23N3O2/c1-10-12(2-7-18-10)13(17)16-5-3-15(4-6-16)11-8-14-9-11/h10-12,14H,2-9H2,1H3. The third-order valence-corrected chi connectivity index (χ3v) is 4.60. The van der Waals surface area contributed by atoms with Crippen molar-refractivity contribution < 1.29 is 9.53 Å². The number of amides is 1. The molecule has 5 heteroatoms. The molecule has 3 saturated heterocycles. The molecule has 0 spiro atoms. The molecule has 0 aromatic rings. The lowest BCUT2D eigenvalue weighted by Crippen LogP contribution is -2.62. The maximum atomic E-state index is 12.4. The lowest BCUT2D eigenvalue weighted by molar-refractivity contribution is -0.139. The van der Waals surface area contributed by atoms with Crippen molar-refractivity contribution in [2.24, 2.45) is 5.92 Å². The van der Waals surface area contributed by atoms with Crippen LogP contribution >= 0.6 is 0 Å². The quantitative estimate of drug-likeness (QED) is 0.722. The fourth-order valence-corrected chi connectivity index (χ4v) is 3.13. The first-order valence-electron chi connectivity index (χ1n) is 7.11. The predicted molar refractivity (Wildman–Crippen MR) is 68.3 cm³/mol. The van der Waals surface area contributed by atoms with Gasteiger partial charge >= 0.3 is 0 Å². The second kappa shape index (κ2) is 5.15. The van der Waals surface area contributed by atoms with E-state index in [0.29, 0.717) is 11.9 Å². The number of nitrogens with zero attached hydrogens (tertiary/aromatic N) is 2. The first-order valence-corrected chi connectivity index (χ1v) is 7.11. The van der Waals surface area contributed by atoms with E-state index in [1.54, 1.807) is 0 Å². The highest BCUT2D eigenvalue weighted by atomic mass is 16.5. The van der Waals surface area contributed by atoms with Crippen LogP contribution in [0, 0.1) is 5.92 Å². The van der Waals surface area contributed by atoms with Gasteiger partial charge in [0, 0.05) is 51.9 Å². The summed E-state index contributed by atoms with van der Waals surface area (Å²) in [5, 5.41) is 3.30. The molecule has 18 heavy (non-hydrogen) atoms. The third-order valence-electron chi connectivity index (χ3n) is 4.60. The molecule has 0 aromatic carbocycles. The van der Waals surface area contributed by atoms with E-state index in [9.17, 15) is 4.79 Å². The molecule has 5 nitrogen and oxygen atoms in total. The van der Waals surface area contributed by atoms with Gasteiger partial charge in [-0.3, -0.25) is 9.69 Å². The van der Waals surface area contributed by atoms with Gasteiger partial charge in [0.25, 0.3) is 0 Å². The summed E-state index contributed by atoms with van der Waals surface area (Å²) in [5.74, 6) is 0.410. The summed E-state index contributed by atoms with van der Waals surface area (Å²) in [5.41, 5.74) is 0. The highest BCUT2D eigenvalue weighted by Gasteiger charge is 2.36. The molecule has 3 heterocycles.